The van der Waals surface area contributed by atoms with Crippen LogP contribution in [-0.4, -0.2) is 28.9 Å². The fraction of sp³-hybridized carbons (Fsp3) is 0.222. The van der Waals surface area contributed by atoms with Crippen molar-refractivity contribution in [3.8, 4) is 5.75 Å². The molecular weight excluding hydrogens is 208 g/mol. The highest BCUT2D eigenvalue weighted by atomic mass is 35.5. The van der Waals surface area contributed by atoms with E-state index in [-0.39, 0.29) is 6.61 Å². The zero-order valence-electron chi connectivity index (χ0n) is 7.18. The van der Waals surface area contributed by atoms with Crippen LogP contribution in [0.15, 0.2) is 24.3 Å². The van der Waals surface area contributed by atoms with Gasteiger partial charge in [0.1, 0.15) is 12.4 Å². The Kier molecular flexibility index (Phi) is 3.73. The molecule has 14 heavy (non-hydrogen) atoms. The molecule has 0 heterocycles. The van der Waals surface area contributed by atoms with Gasteiger partial charge in [0.25, 0.3) is 0 Å². The summed E-state index contributed by atoms with van der Waals surface area (Å²) >= 11 is 5.66. The Morgan fingerprint density at radius 2 is 2.29 bits per heavy atom. The number of ether oxygens (including phenoxy) is 1. The molecule has 1 atom stereocenters. The summed E-state index contributed by atoms with van der Waals surface area (Å²) in [6.07, 6.45) is -1.52. The summed E-state index contributed by atoms with van der Waals surface area (Å²) in [5.74, 6) is -0.884. The molecule has 1 aromatic rings. The summed E-state index contributed by atoms with van der Waals surface area (Å²) in [6, 6.07) is 6.50. The first-order valence-corrected chi connectivity index (χ1v) is 4.26. The molecule has 76 valence electrons. The van der Waals surface area contributed by atoms with Gasteiger partial charge in [0, 0.05) is 5.02 Å². The summed E-state index contributed by atoms with van der Waals surface area (Å²) < 4.78 is 4.99. The molecule has 0 aliphatic carbocycles. The Labute approximate surface area is 85.7 Å². The van der Waals surface area contributed by atoms with Gasteiger partial charge in [0.05, 0.1) is 0 Å². The molecule has 1 unspecified atom stereocenters. The molecule has 0 amide bonds. The van der Waals surface area contributed by atoms with Crippen molar-refractivity contribution in [1.29, 1.82) is 0 Å². The third-order valence-electron chi connectivity index (χ3n) is 1.49. The average molecular weight is 217 g/mol. The van der Waals surface area contributed by atoms with Crippen LogP contribution in [0, 0.1) is 0 Å². The van der Waals surface area contributed by atoms with Crippen molar-refractivity contribution in [3.05, 3.63) is 29.3 Å². The maximum atomic E-state index is 10.2. The van der Waals surface area contributed by atoms with E-state index in [0.717, 1.165) is 0 Å². The predicted octanol–water partition coefficient (Wildman–Crippen LogP) is 1.16. The molecule has 0 saturated heterocycles. The monoisotopic (exact) mass is 216 g/mol. The number of carboxylic acids is 1. The maximum Gasteiger partial charge on any atom is 0.336 e. The van der Waals surface area contributed by atoms with E-state index in [1.807, 2.05) is 0 Å². The van der Waals surface area contributed by atoms with Crippen molar-refractivity contribution in [3.63, 3.8) is 0 Å². The molecule has 0 aliphatic heterocycles. The lowest BCUT2D eigenvalue weighted by atomic mass is 10.3. The molecule has 0 bridgehead atoms. The van der Waals surface area contributed by atoms with E-state index in [4.69, 9.17) is 26.6 Å². The first kappa shape index (κ1) is 10.8. The average Bonchev–Trinajstić information content (AvgIpc) is 2.14. The quantitative estimate of drug-likeness (QED) is 0.793. The smallest absolute Gasteiger partial charge is 0.336 e. The number of rotatable bonds is 4. The van der Waals surface area contributed by atoms with Gasteiger partial charge in [0.2, 0.25) is 0 Å². The van der Waals surface area contributed by atoms with Gasteiger partial charge in [-0.1, -0.05) is 17.7 Å². The molecule has 2 N–H and O–H groups in total. The van der Waals surface area contributed by atoms with Gasteiger partial charge in [-0.2, -0.15) is 0 Å². The topological polar surface area (TPSA) is 66.8 Å². The molecule has 0 spiro atoms. The van der Waals surface area contributed by atoms with E-state index in [0.29, 0.717) is 10.8 Å². The second-order valence-electron chi connectivity index (χ2n) is 2.62. The number of aliphatic hydroxyl groups is 1. The number of carbonyl (C=O) groups is 1. The predicted molar refractivity (Wildman–Crippen MR) is 50.6 cm³/mol. The SMILES string of the molecule is O=C(O)C(O)COc1cccc(Cl)c1. The molecule has 1 rings (SSSR count). The van der Waals surface area contributed by atoms with E-state index in [9.17, 15) is 4.79 Å². The van der Waals surface area contributed by atoms with Gasteiger partial charge < -0.3 is 14.9 Å². The van der Waals surface area contributed by atoms with Crippen LogP contribution in [-0.2, 0) is 4.79 Å². The van der Waals surface area contributed by atoms with Crippen LogP contribution in [0.3, 0.4) is 0 Å². The van der Waals surface area contributed by atoms with E-state index < -0.39 is 12.1 Å². The highest BCUT2D eigenvalue weighted by Gasteiger charge is 2.13. The van der Waals surface area contributed by atoms with E-state index in [2.05, 4.69) is 0 Å². The third-order valence-corrected chi connectivity index (χ3v) is 1.72. The Morgan fingerprint density at radius 1 is 1.57 bits per heavy atom. The Bertz CT molecular complexity index is 326. The maximum absolute atomic E-state index is 10.2. The Balaban J connectivity index is 2.49. The number of benzene rings is 1. The number of aliphatic hydroxyl groups excluding tert-OH is 1. The minimum atomic E-state index is -1.52. The van der Waals surface area contributed by atoms with Crippen molar-refractivity contribution >= 4 is 17.6 Å². The van der Waals surface area contributed by atoms with E-state index >= 15 is 0 Å². The molecule has 4 nitrogen and oxygen atoms in total. The minimum Gasteiger partial charge on any atom is -0.490 e. The zero-order chi connectivity index (χ0) is 10.6. The standard InChI is InChI=1S/C9H9ClO4/c10-6-2-1-3-7(4-6)14-5-8(11)9(12)13/h1-4,8,11H,5H2,(H,12,13). The summed E-state index contributed by atoms with van der Waals surface area (Å²) in [7, 11) is 0. The minimum absolute atomic E-state index is 0.296. The van der Waals surface area contributed by atoms with Gasteiger partial charge in [-0.25, -0.2) is 4.79 Å². The summed E-state index contributed by atoms with van der Waals surface area (Å²) in [6.45, 7) is -0.296. The Morgan fingerprint density at radius 3 is 2.86 bits per heavy atom. The van der Waals surface area contributed by atoms with E-state index in [1.54, 1.807) is 18.2 Å². The number of hydrogen-bond donors (Lipinski definition) is 2. The van der Waals surface area contributed by atoms with Crippen LogP contribution in [0.4, 0.5) is 0 Å². The normalized spacial score (nSPS) is 12.1. The van der Waals surface area contributed by atoms with E-state index in [1.165, 1.54) is 6.07 Å². The number of halogens is 1. The molecule has 0 fully saturated rings. The highest BCUT2D eigenvalue weighted by Crippen LogP contribution is 2.17. The largest absolute Gasteiger partial charge is 0.490 e. The molecule has 0 radical (unpaired) electrons. The van der Waals surface area contributed by atoms with Crippen LogP contribution in [0.5, 0.6) is 5.75 Å². The Hall–Kier alpha value is -1.26. The van der Waals surface area contributed by atoms with Crippen LogP contribution >= 0.6 is 11.6 Å². The fourth-order valence-electron chi connectivity index (χ4n) is 0.803. The van der Waals surface area contributed by atoms with Gasteiger partial charge in [0.15, 0.2) is 6.10 Å². The van der Waals surface area contributed by atoms with Crippen LogP contribution in [0.1, 0.15) is 0 Å². The molecule has 0 aromatic heterocycles. The van der Waals surface area contributed by atoms with Gasteiger partial charge in [-0.15, -0.1) is 0 Å². The van der Waals surface area contributed by atoms with Crippen molar-refractivity contribution < 1.29 is 19.7 Å². The molecule has 0 saturated carbocycles. The molecule has 5 heteroatoms. The second kappa shape index (κ2) is 4.83. The van der Waals surface area contributed by atoms with Crippen molar-refractivity contribution in [2.45, 2.75) is 6.10 Å². The lowest BCUT2D eigenvalue weighted by molar-refractivity contribution is -0.148. The summed E-state index contributed by atoms with van der Waals surface area (Å²) in [4.78, 5) is 10.2. The zero-order valence-corrected chi connectivity index (χ0v) is 7.94. The van der Waals surface area contributed by atoms with Gasteiger partial charge >= 0.3 is 5.97 Å². The highest BCUT2D eigenvalue weighted by molar-refractivity contribution is 6.30. The number of carboxylic acid groups (broad SMARTS) is 1. The van der Waals surface area contributed by atoms with Crippen molar-refractivity contribution in [2.75, 3.05) is 6.61 Å². The molecular formula is C9H9ClO4. The fourth-order valence-corrected chi connectivity index (χ4v) is 0.984. The number of hydrogen-bond acceptors (Lipinski definition) is 3. The number of aliphatic carboxylic acids is 1. The van der Waals surface area contributed by atoms with Crippen LogP contribution in [0.25, 0.3) is 0 Å². The van der Waals surface area contributed by atoms with Gasteiger partial charge in [-0.3, -0.25) is 0 Å². The third kappa shape index (κ3) is 3.24. The molecule has 0 aliphatic rings. The summed E-state index contributed by atoms with van der Waals surface area (Å²) in [5, 5.41) is 17.8. The van der Waals surface area contributed by atoms with Crippen molar-refractivity contribution in [2.24, 2.45) is 0 Å². The second-order valence-corrected chi connectivity index (χ2v) is 3.06. The molecule has 1 aromatic carbocycles. The first-order valence-electron chi connectivity index (χ1n) is 3.89. The van der Waals surface area contributed by atoms with Crippen LogP contribution in [0.2, 0.25) is 5.02 Å². The lowest BCUT2D eigenvalue weighted by Gasteiger charge is -2.08. The summed E-state index contributed by atoms with van der Waals surface area (Å²) in [5.41, 5.74) is 0. The first-order chi connectivity index (χ1) is 6.59. The van der Waals surface area contributed by atoms with Crippen LogP contribution < -0.4 is 4.74 Å². The lowest BCUT2D eigenvalue weighted by Crippen LogP contribution is -2.26. The van der Waals surface area contributed by atoms with Crippen molar-refractivity contribution in [1.82, 2.24) is 0 Å². The van der Waals surface area contributed by atoms with Gasteiger partial charge in [-0.05, 0) is 18.2 Å².